The van der Waals surface area contributed by atoms with Gasteiger partial charge in [0.1, 0.15) is 11.6 Å². The van der Waals surface area contributed by atoms with E-state index in [1.54, 1.807) is 31.3 Å². The molecule has 0 bridgehead atoms. The third-order valence-corrected chi connectivity index (χ3v) is 3.59. The molecule has 0 saturated heterocycles. The van der Waals surface area contributed by atoms with E-state index in [1.807, 2.05) is 0 Å². The van der Waals surface area contributed by atoms with E-state index in [-0.39, 0.29) is 5.75 Å². The van der Waals surface area contributed by atoms with Gasteiger partial charge in [-0.25, -0.2) is 9.97 Å². The van der Waals surface area contributed by atoms with Crippen molar-refractivity contribution in [3.05, 3.63) is 66.1 Å². The lowest BCUT2D eigenvalue weighted by atomic mass is 9.99. The summed E-state index contributed by atoms with van der Waals surface area (Å²) in [5.74, 6) is 0.549. The fourth-order valence-electron chi connectivity index (χ4n) is 2.40. The molecule has 0 atom stereocenters. The van der Waals surface area contributed by atoms with E-state index in [4.69, 9.17) is 0 Å². The van der Waals surface area contributed by atoms with Gasteiger partial charge in [-0.1, -0.05) is 24.3 Å². The smallest absolute Gasteiger partial charge is 0.416 e. The van der Waals surface area contributed by atoms with Gasteiger partial charge in [-0.3, -0.25) is 0 Å². The zero-order valence-electron chi connectivity index (χ0n) is 12.7. The van der Waals surface area contributed by atoms with Crippen LogP contribution in [-0.4, -0.2) is 15.1 Å². The highest BCUT2D eigenvalue weighted by Gasteiger charge is 2.30. The molecule has 122 valence electrons. The molecule has 0 aliphatic carbocycles. The van der Waals surface area contributed by atoms with Crippen LogP contribution in [0.25, 0.3) is 22.4 Å². The molecule has 0 saturated carbocycles. The zero-order chi connectivity index (χ0) is 17.3. The van der Waals surface area contributed by atoms with Crippen LogP contribution in [0.15, 0.2) is 54.7 Å². The van der Waals surface area contributed by atoms with E-state index in [0.29, 0.717) is 28.2 Å². The number of hydrogen-bond donors (Lipinski definition) is 1. The van der Waals surface area contributed by atoms with Gasteiger partial charge in [-0.15, -0.1) is 0 Å². The Hall–Kier alpha value is -2.89. The summed E-state index contributed by atoms with van der Waals surface area (Å²) in [5.41, 5.74) is 1.35. The standard InChI is InChI=1S/C18H13F3N2O/c1-11-22-10-15(12-6-8-13(9-7-12)18(19,20)21)17(23-11)14-4-2-3-5-16(14)24/h2-10,24H,1H3. The van der Waals surface area contributed by atoms with Crippen molar-refractivity contribution in [3.63, 3.8) is 0 Å². The predicted octanol–water partition coefficient (Wildman–Crippen LogP) is 4.84. The normalized spacial score (nSPS) is 11.5. The Labute approximate surface area is 136 Å². The van der Waals surface area contributed by atoms with E-state index >= 15 is 0 Å². The van der Waals surface area contributed by atoms with Gasteiger partial charge in [0.05, 0.1) is 11.3 Å². The molecule has 6 heteroatoms. The molecule has 24 heavy (non-hydrogen) atoms. The van der Waals surface area contributed by atoms with Crippen LogP contribution in [0.1, 0.15) is 11.4 Å². The lowest BCUT2D eigenvalue weighted by Gasteiger charge is -2.12. The first-order valence-corrected chi connectivity index (χ1v) is 7.16. The van der Waals surface area contributed by atoms with E-state index in [0.717, 1.165) is 12.1 Å². The summed E-state index contributed by atoms with van der Waals surface area (Å²) >= 11 is 0. The largest absolute Gasteiger partial charge is 0.507 e. The average molecular weight is 330 g/mol. The molecule has 0 radical (unpaired) electrons. The molecule has 3 aromatic rings. The van der Waals surface area contributed by atoms with Crippen molar-refractivity contribution in [1.82, 2.24) is 9.97 Å². The highest BCUT2D eigenvalue weighted by molar-refractivity contribution is 5.82. The number of hydrogen-bond acceptors (Lipinski definition) is 3. The topological polar surface area (TPSA) is 46.0 Å². The van der Waals surface area contributed by atoms with Gasteiger partial charge in [-0.2, -0.15) is 13.2 Å². The van der Waals surface area contributed by atoms with Crippen molar-refractivity contribution < 1.29 is 18.3 Å². The van der Waals surface area contributed by atoms with Gasteiger partial charge in [0.15, 0.2) is 0 Å². The third-order valence-electron chi connectivity index (χ3n) is 3.59. The second-order valence-electron chi connectivity index (χ2n) is 5.27. The Morgan fingerprint density at radius 2 is 1.58 bits per heavy atom. The minimum absolute atomic E-state index is 0.0451. The number of phenolic OH excluding ortho intramolecular Hbond substituents is 1. The monoisotopic (exact) mass is 330 g/mol. The Morgan fingerprint density at radius 3 is 2.21 bits per heavy atom. The van der Waals surface area contributed by atoms with Gasteiger partial charge in [0, 0.05) is 17.3 Å². The molecular formula is C18H13F3N2O. The van der Waals surface area contributed by atoms with Crippen LogP contribution in [0, 0.1) is 6.92 Å². The Bertz CT molecular complexity index is 874. The van der Waals surface area contributed by atoms with Crippen LogP contribution in [0.3, 0.4) is 0 Å². The lowest BCUT2D eigenvalue weighted by molar-refractivity contribution is -0.137. The molecule has 3 rings (SSSR count). The van der Waals surface area contributed by atoms with Crippen molar-refractivity contribution in [3.8, 4) is 28.1 Å². The van der Waals surface area contributed by atoms with Gasteiger partial charge in [-0.05, 0) is 36.8 Å². The second-order valence-corrected chi connectivity index (χ2v) is 5.27. The van der Waals surface area contributed by atoms with E-state index < -0.39 is 11.7 Å². The summed E-state index contributed by atoms with van der Waals surface area (Å²) in [6, 6.07) is 11.5. The number of aryl methyl sites for hydroxylation is 1. The molecule has 1 N–H and O–H groups in total. The molecule has 2 aromatic carbocycles. The number of rotatable bonds is 2. The molecule has 0 unspecified atom stereocenters. The quantitative estimate of drug-likeness (QED) is 0.731. The van der Waals surface area contributed by atoms with Crippen molar-refractivity contribution in [2.75, 3.05) is 0 Å². The SMILES string of the molecule is Cc1ncc(-c2ccc(C(F)(F)F)cc2)c(-c2ccccc2O)n1. The second kappa shape index (κ2) is 5.96. The van der Waals surface area contributed by atoms with Crippen molar-refractivity contribution in [2.24, 2.45) is 0 Å². The first kappa shape index (κ1) is 16.0. The predicted molar refractivity (Wildman–Crippen MR) is 84.3 cm³/mol. The minimum atomic E-state index is -4.39. The van der Waals surface area contributed by atoms with E-state index in [1.165, 1.54) is 18.2 Å². The Balaban J connectivity index is 2.14. The average Bonchev–Trinajstić information content (AvgIpc) is 2.54. The summed E-state index contributed by atoms with van der Waals surface area (Å²) in [6.45, 7) is 1.71. The molecule has 1 heterocycles. The fraction of sp³-hybridized carbons (Fsp3) is 0.111. The van der Waals surface area contributed by atoms with Crippen molar-refractivity contribution >= 4 is 0 Å². The molecule has 1 aromatic heterocycles. The maximum Gasteiger partial charge on any atom is 0.416 e. The maximum atomic E-state index is 12.7. The Kier molecular flexibility index (Phi) is 3.97. The van der Waals surface area contributed by atoms with Gasteiger partial charge in [0.25, 0.3) is 0 Å². The number of benzene rings is 2. The number of phenols is 1. The summed E-state index contributed by atoms with van der Waals surface area (Å²) < 4.78 is 38.1. The van der Waals surface area contributed by atoms with Gasteiger partial charge in [0.2, 0.25) is 0 Å². The molecule has 0 amide bonds. The van der Waals surface area contributed by atoms with Crippen molar-refractivity contribution in [2.45, 2.75) is 13.1 Å². The van der Waals surface area contributed by atoms with Crippen LogP contribution < -0.4 is 0 Å². The van der Waals surface area contributed by atoms with Crippen LogP contribution in [-0.2, 0) is 6.18 Å². The number of para-hydroxylation sites is 1. The number of nitrogens with zero attached hydrogens (tertiary/aromatic N) is 2. The van der Waals surface area contributed by atoms with E-state index in [2.05, 4.69) is 9.97 Å². The highest BCUT2D eigenvalue weighted by Crippen LogP contribution is 2.36. The third kappa shape index (κ3) is 3.08. The molecular weight excluding hydrogens is 317 g/mol. The summed E-state index contributed by atoms with van der Waals surface area (Å²) in [7, 11) is 0. The maximum absolute atomic E-state index is 12.7. The minimum Gasteiger partial charge on any atom is -0.507 e. The Morgan fingerprint density at radius 1 is 0.917 bits per heavy atom. The highest BCUT2D eigenvalue weighted by atomic mass is 19.4. The van der Waals surface area contributed by atoms with Crippen molar-refractivity contribution in [1.29, 1.82) is 0 Å². The summed E-state index contributed by atoms with van der Waals surface area (Å²) in [5, 5.41) is 10.1. The lowest BCUT2D eigenvalue weighted by Crippen LogP contribution is -2.04. The summed E-state index contributed by atoms with van der Waals surface area (Å²) in [6.07, 6.45) is -2.84. The molecule has 0 fully saturated rings. The number of halogens is 3. The van der Waals surface area contributed by atoms with Crippen LogP contribution >= 0.6 is 0 Å². The summed E-state index contributed by atoms with van der Waals surface area (Å²) in [4.78, 5) is 8.49. The van der Waals surface area contributed by atoms with Crippen LogP contribution in [0.2, 0.25) is 0 Å². The first-order chi connectivity index (χ1) is 11.4. The van der Waals surface area contributed by atoms with Gasteiger partial charge >= 0.3 is 6.18 Å². The zero-order valence-corrected chi connectivity index (χ0v) is 12.7. The van der Waals surface area contributed by atoms with Gasteiger partial charge < -0.3 is 5.11 Å². The first-order valence-electron chi connectivity index (χ1n) is 7.16. The number of alkyl halides is 3. The molecule has 0 aliphatic rings. The number of aromatic hydroxyl groups is 1. The van der Waals surface area contributed by atoms with Crippen LogP contribution in [0.5, 0.6) is 5.75 Å². The number of aromatic nitrogens is 2. The van der Waals surface area contributed by atoms with E-state index in [9.17, 15) is 18.3 Å². The molecule has 0 spiro atoms. The molecule has 0 aliphatic heterocycles. The molecule has 3 nitrogen and oxygen atoms in total. The fourth-order valence-corrected chi connectivity index (χ4v) is 2.40. The van der Waals surface area contributed by atoms with Crippen LogP contribution in [0.4, 0.5) is 13.2 Å².